The molecule has 0 bridgehead atoms. The van der Waals surface area contributed by atoms with Gasteiger partial charge < -0.3 is 4.90 Å². The van der Waals surface area contributed by atoms with Crippen LogP contribution in [0, 0.1) is 0 Å². The fraction of sp³-hybridized carbons (Fsp3) is 0. The van der Waals surface area contributed by atoms with Crippen molar-refractivity contribution in [3.8, 4) is 21.7 Å². The van der Waals surface area contributed by atoms with E-state index < -0.39 is 0 Å². The number of nitrogens with zero attached hydrogens (tertiary/aromatic N) is 2. The molecule has 0 spiro atoms. The van der Waals surface area contributed by atoms with Crippen LogP contribution in [-0.4, -0.2) is 4.98 Å². The molecule has 0 amide bonds. The summed E-state index contributed by atoms with van der Waals surface area (Å²) in [6, 6.07) is 57.0. The maximum Gasteiger partial charge on any atom is 0.124 e. The molecule has 10 rings (SSSR count). The third kappa shape index (κ3) is 4.47. The van der Waals surface area contributed by atoms with E-state index in [9.17, 15) is 0 Å². The number of fused-ring (bicyclic) bond motifs is 8. The van der Waals surface area contributed by atoms with Crippen molar-refractivity contribution in [2.75, 3.05) is 4.90 Å². The number of aromatic nitrogens is 1. The Bertz CT molecular complexity index is 2770. The standard InChI is InChI=1S/C43H26N2S3/c1-3-10-28(11-4-1)43-44-41-39(48-43)25-24-38-40(41)35-26-31(22-23-37(35)46-38)45(29-12-5-2-6-13-29)30-20-18-27(19-21-30)32-15-9-16-34-33-14-7-8-17-36(33)47-42(32)34/h1-26H. The first-order valence-electron chi connectivity index (χ1n) is 16.0. The zero-order chi connectivity index (χ0) is 31.6. The lowest BCUT2D eigenvalue weighted by atomic mass is 10.0. The van der Waals surface area contributed by atoms with Crippen LogP contribution in [0.3, 0.4) is 0 Å². The van der Waals surface area contributed by atoms with Crippen molar-refractivity contribution in [3.05, 3.63) is 158 Å². The first-order valence-corrected chi connectivity index (χ1v) is 18.4. The highest BCUT2D eigenvalue weighted by Gasteiger charge is 2.18. The molecule has 0 saturated carbocycles. The van der Waals surface area contributed by atoms with Gasteiger partial charge in [0.2, 0.25) is 0 Å². The second-order valence-corrected chi connectivity index (χ2v) is 15.1. The van der Waals surface area contributed by atoms with Crippen LogP contribution >= 0.6 is 34.0 Å². The topological polar surface area (TPSA) is 16.1 Å². The Hall–Kier alpha value is -5.33. The van der Waals surface area contributed by atoms with E-state index in [-0.39, 0.29) is 0 Å². The molecule has 0 atom stereocenters. The number of para-hydroxylation sites is 1. The van der Waals surface area contributed by atoms with Gasteiger partial charge in [-0.3, -0.25) is 0 Å². The van der Waals surface area contributed by atoms with E-state index in [2.05, 4.69) is 163 Å². The molecule has 0 aliphatic rings. The number of benzene rings is 7. The molecule has 0 fully saturated rings. The maximum absolute atomic E-state index is 5.21. The first-order chi connectivity index (χ1) is 23.8. The summed E-state index contributed by atoms with van der Waals surface area (Å²) in [5.41, 5.74) is 8.13. The predicted molar refractivity (Wildman–Crippen MR) is 211 cm³/mol. The SMILES string of the molecule is c1ccc(-c2nc3c(ccc4sc5ccc(N(c6ccccc6)c6ccc(-c7cccc8c7sc7ccccc78)cc6)cc5c43)s2)cc1. The van der Waals surface area contributed by atoms with Crippen molar-refractivity contribution in [1.82, 2.24) is 4.98 Å². The lowest BCUT2D eigenvalue weighted by Crippen LogP contribution is -2.09. The van der Waals surface area contributed by atoms with Crippen molar-refractivity contribution < 1.29 is 0 Å². The van der Waals surface area contributed by atoms with E-state index in [4.69, 9.17) is 4.98 Å². The summed E-state index contributed by atoms with van der Waals surface area (Å²) in [6.45, 7) is 0. The largest absolute Gasteiger partial charge is 0.310 e. The van der Waals surface area contributed by atoms with E-state index in [0.29, 0.717) is 0 Å². The molecule has 7 aromatic carbocycles. The van der Waals surface area contributed by atoms with E-state index in [1.807, 2.05) is 22.7 Å². The Morgan fingerprint density at radius 2 is 1.08 bits per heavy atom. The van der Waals surface area contributed by atoms with Crippen LogP contribution in [0.25, 0.3) is 72.3 Å². The second kappa shape index (κ2) is 11.1. The monoisotopic (exact) mass is 666 g/mol. The minimum absolute atomic E-state index is 1.06. The third-order valence-electron chi connectivity index (χ3n) is 9.11. The predicted octanol–water partition coefficient (Wildman–Crippen LogP) is 13.8. The summed E-state index contributed by atoms with van der Waals surface area (Å²) < 4.78 is 6.43. The maximum atomic E-state index is 5.21. The molecule has 5 heteroatoms. The minimum Gasteiger partial charge on any atom is -0.310 e. The van der Waals surface area contributed by atoms with E-state index in [1.165, 1.54) is 56.2 Å². The average Bonchev–Trinajstić information content (AvgIpc) is 3.86. The van der Waals surface area contributed by atoms with Gasteiger partial charge in [0.1, 0.15) is 5.01 Å². The van der Waals surface area contributed by atoms with Crippen LogP contribution in [0.1, 0.15) is 0 Å². The fourth-order valence-electron chi connectivity index (χ4n) is 6.87. The molecule has 0 unspecified atom stereocenters. The van der Waals surface area contributed by atoms with Gasteiger partial charge in [0.05, 0.1) is 10.2 Å². The Labute approximate surface area is 289 Å². The molecule has 48 heavy (non-hydrogen) atoms. The third-order valence-corrected chi connectivity index (χ3v) is 12.5. The fourth-order valence-corrected chi connectivity index (χ4v) is 10.2. The van der Waals surface area contributed by atoms with Crippen molar-refractivity contribution >= 4 is 102 Å². The zero-order valence-corrected chi connectivity index (χ0v) is 28.1. The van der Waals surface area contributed by atoms with Crippen molar-refractivity contribution in [3.63, 3.8) is 0 Å². The van der Waals surface area contributed by atoms with Crippen LogP contribution in [0.4, 0.5) is 17.1 Å². The normalized spacial score (nSPS) is 11.8. The molecule has 0 N–H and O–H groups in total. The highest BCUT2D eigenvalue weighted by molar-refractivity contribution is 7.27. The van der Waals surface area contributed by atoms with Crippen molar-refractivity contribution in [1.29, 1.82) is 0 Å². The van der Waals surface area contributed by atoms with Crippen molar-refractivity contribution in [2.24, 2.45) is 0 Å². The minimum atomic E-state index is 1.06. The summed E-state index contributed by atoms with van der Waals surface area (Å²) in [6.07, 6.45) is 0. The van der Waals surface area contributed by atoms with Gasteiger partial charge in [0, 0.05) is 63.0 Å². The van der Waals surface area contributed by atoms with Crippen LogP contribution in [0.5, 0.6) is 0 Å². The molecule has 226 valence electrons. The van der Waals surface area contributed by atoms with E-state index >= 15 is 0 Å². The molecule has 0 radical (unpaired) electrons. The first kappa shape index (κ1) is 27.8. The van der Waals surface area contributed by atoms with Gasteiger partial charge in [0.25, 0.3) is 0 Å². The number of thiazole rings is 1. The molecular formula is C43H26N2S3. The Morgan fingerprint density at radius 1 is 0.417 bits per heavy atom. The van der Waals surface area contributed by atoms with Crippen LogP contribution < -0.4 is 4.90 Å². The van der Waals surface area contributed by atoms with E-state index in [0.717, 1.165) is 33.1 Å². The van der Waals surface area contributed by atoms with Gasteiger partial charge in [-0.1, -0.05) is 97.1 Å². The Kier molecular flexibility index (Phi) is 6.44. The number of thiophene rings is 2. The number of hydrogen-bond acceptors (Lipinski definition) is 5. The highest BCUT2D eigenvalue weighted by Crippen LogP contribution is 2.45. The highest BCUT2D eigenvalue weighted by atomic mass is 32.1. The number of rotatable bonds is 5. The lowest BCUT2D eigenvalue weighted by Gasteiger charge is -2.26. The van der Waals surface area contributed by atoms with Gasteiger partial charge in [-0.05, 0) is 71.8 Å². The van der Waals surface area contributed by atoms with Crippen LogP contribution in [0.15, 0.2) is 158 Å². The van der Waals surface area contributed by atoms with Gasteiger partial charge in [-0.25, -0.2) is 4.98 Å². The number of anilines is 3. The molecule has 10 aromatic rings. The summed E-state index contributed by atoms with van der Waals surface area (Å²) in [5, 5.41) is 6.20. The lowest BCUT2D eigenvalue weighted by molar-refractivity contribution is 1.29. The zero-order valence-electron chi connectivity index (χ0n) is 25.6. The smallest absolute Gasteiger partial charge is 0.124 e. The Morgan fingerprint density at radius 3 is 1.94 bits per heavy atom. The summed E-state index contributed by atoms with van der Waals surface area (Å²) in [4.78, 5) is 7.58. The molecule has 3 heterocycles. The molecular weight excluding hydrogens is 641 g/mol. The van der Waals surface area contributed by atoms with Crippen LogP contribution in [-0.2, 0) is 0 Å². The molecule has 3 aromatic heterocycles. The molecule has 2 nitrogen and oxygen atoms in total. The molecule has 0 aliphatic carbocycles. The van der Waals surface area contributed by atoms with Gasteiger partial charge >= 0.3 is 0 Å². The van der Waals surface area contributed by atoms with Crippen LogP contribution in [0.2, 0.25) is 0 Å². The van der Waals surface area contributed by atoms with Crippen molar-refractivity contribution in [2.45, 2.75) is 0 Å². The summed E-state index contributed by atoms with van der Waals surface area (Å²) in [5.74, 6) is 0. The second-order valence-electron chi connectivity index (χ2n) is 12.0. The summed E-state index contributed by atoms with van der Waals surface area (Å²) in [7, 11) is 0. The van der Waals surface area contributed by atoms with Gasteiger partial charge in [-0.15, -0.1) is 34.0 Å². The molecule has 0 saturated heterocycles. The van der Waals surface area contributed by atoms with Gasteiger partial charge in [-0.2, -0.15) is 0 Å². The molecule has 0 aliphatic heterocycles. The quantitative estimate of drug-likeness (QED) is 0.182. The average molecular weight is 667 g/mol. The Balaban J connectivity index is 1.11. The summed E-state index contributed by atoms with van der Waals surface area (Å²) >= 11 is 5.49. The van der Waals surface area contributed by atoms with Gasteiger partial charge in [0.15, 0.2) is 0 Å². The number of hydrogen-bond donors (Lipinski definition) is 0. The van der Waals surface area contributed by atoms with E-state index in [1.54, 1.807) is 11.3 Å².